The third-order valence-electron chi connectivity index (χ3n) is 3.39. The number of amides is 1. The van der Waals surface area contributed by atoms with Crippen molar-refractivity contribution >= 4 is 11.6 Å². The average Bonchev–Trinajstić information content (AvgIpc) is 2.59. The first-order valence-electron chi connectivity index (χ1n) is 7.81. The molecule has 126 valence electrons. The van der Waals surface area contributed by atoms with E-state index in [9.17, 15) is 14.9 Å². The summed E-state index contributed by atoms with van der Waals surface area (Å²) in [6.07, 6.45) is 1.02. The van der Waals surface area contributed by atoms with Crippen LogP contribution in [0.15, 0.2) is 48.5 Å². The Kier molecular flexibility index (Phi) is 6.31. The molecule has 0 aromatic heterocycles. The summed E-state index contributed by atoms with van der Waals surface area (Å²) in [6, 6.07) is 13.9. The number of hydrogen-bond acceptors (Lipinski definition) is 4. The Morgan fingerprint density at radius 3 is 2.58 bits per heavy atom. The molecule has 2 aromatic carbocycles. The summed E-state index contributed by atoms with van der Waals surface area (Å²) in [7, 11) is 0. The summed E-state index contributed by atoms with van der Waals surface area (Å²) < 4.78 is 5.61. The van der Waals surface area contributed by atoms with Crippen molar-refractivity contribution in [3.63, 3.8) is 0 Å². The van der Waals surface area contributed by atoms with Gasteiger partial charge in [0.25, 0.3) is 0 Å². The van der Waals surface area contributed by atoms with Crippen LogP contribution in [0.25, 0.3) is 0 Å². The van der Waals surface area contributed by atoms with E-state index in [0.717, 1.165) is 12.0 Å². The lowest BCUT2D eigenvalue weighted by molar-refractivity contribution is -0.386. The molecule has 0 atom stereocenters. The lowest BCUT2D eigenvalue weighted by atomic mass is 10.1. The Morgan fingerprint density at radius 1 is 1.17 bits per heavy atom. The van der Waals surface area contributed by atoms with Gasteiger partial charge >= 0.3 is 5.69 Å². The highest BCUT2D eigenvalue weighted by atomic mass is 16.6. The van der Waals surface area contributed by atoms with Gasteiger partial charge in [-0.1, -0.05) is 43.3 Å². The van der Waals surface area contributed by atoms with Crippen molar-refractivity contribution in [2.24, 2.45) is 0 Å². The lowest BCUT2D eigenvalue weighted by Crippen LogP contribution is -2.25. The van der Waals surface area contributed by atoms with Crippen molar-refractivity contribution in [3.05, 3.63) is 69.8 Å². The van der Waals surface area contributed by atoms with E-state index in [1.165, 1.54) is 6.07 Å². The molecule has 0 unspecified atom stereocenters. The van der Waals surface area contributed by atoms with Gasteiger partial charge in [-0.2, -0.15) is 0 Å². The minimum absolute atomic E-state index is 0.108. The highest BCUT2D eigenvalue weighted by Gasteiger charge is 2.16. The summed E-state index contributed by atoms with van der Waals surface area (Å²) in [5.74, 6) is 0.0596. The Hall–Kier alpha value is -2.89. The van der Waals surface area contributed by atoms with Crippen LogP contribution >= 0.6 is 0 Å². The number of benzene rings is 2. The van der Waals surface area contributed by atoms with Crippen molar-refractivity contribution in [1.82, 2.24) is 5.32 Å². The van der Waals surface area contributed by atoms with Crippen molar-refractivity contribution < 1.29 is 14.5 Å². The van der Waals surface area contributed by atoms with E-state index in [1.54, 1.807) is 12.1 Å². The van der Waals surface area contributed by atoms with Gasteiger partial charge in [-0.05, 0) is 23.6 Å². The smallest absolute Gasteiger partial charge is 0.310 e. The number of carbonyl (C=O) groups excluding carboxylic acids is 1. The fourth-order valence-electron chi connectivity index (χ4n) is 2.18. The van der Waals surface area contributed by atoms with Gasteiger partial charge < -0.3 is 10.1 Å². The zero-order chi connectivity index (χ0) is 17.4. The summed E-state index contributed by atoms with van der Waals surface area (Å²) >= 11 is 0. The normalized spacial score (nSPS) is 10.2. The van der Waals surface area contributed by atoms with Gasteiger partial charge in [-0.15, -0.1) is 0 Å². The number of carbonyl (C=O) groups is 1. The van der Waals surface area contributed by atoms with Gasteiger partial charge in [-0.3, -0.25) is 14.9 Å². The number of nitrogens with zero attached hydrogens (tertiary/aromatic N) is 1. The molecule has 6 heteroatoms. The summed E-state index contributed by atoms with van der Waals surface area (Å²) in [4.78, 5) is 22.5. The van der Waals surface area contributed by atoms with Crippen LogP contribution in [-0.2, 0) is 17.8 Å². The second kappa shape index (κ2) is 8.67. The molecular weight excluding hydrogens is 308 g/mol. The van der Waals surface area contributed by atoms with Crippen LogP contribution in [0.1, 0.15) is 24.5 Å². The number of nitrogens with one attached hydrogen (secondary N) is 1. The van der Waals surface area contributed by atoms with E-state index in [1.807, 2.05) is 37.3 Å². The van der Waals surface area contributed by atoms with Gasteiger partial charge in [-0.25, -0.2) is 0 Å². The van der Waals surface area contributed by atoms with E-state index < -0.39 is 4.92 Å². The minimum atomic E-state index is -0.485. The van der Waals surface area contributed by atoms with Crippen LogP contribution in [0.5, 0.6) is 5.75 Å². The van der Waals surface area contributed by atoms with Gasteiger partial charge in [0, 0.05) is 12.6 Å². The molecule has 2 aromatic rings. The zero-order valence-corrected chi connectivity index (χ0v) is 13.5. The molecule has 0 heterocycles. The van der Waals surface area contributed by atoms with Crippen molar-refractivity contribution in [2.75, 3.05) is 6.54 Å². The second-order valence-corrected chi connectivity index (χ2v) is 5.36. The molecule has 0 radical (unpaired) electrons. The van der Waals surface area contributed by atoms with E-state index >= 15 is 0 Å². The van der Waals surface area contributed by atoms with Crippen LogP contribution in [0.3, 0.4) is 0 Å². The molecule has 0 saturated heterocycles. The fraction of sp³-hybridized carbons (Fsp3) is 0.278. The van der Waals surface area contributed by atoms with Crippen LogP contribution < -0.4 is 10.1 Å². The molecule has 0 aliphatic heterocycles. The first-order chi connectivity index (χ1) is 11.6. The highest BCUT2D eigenvalue weighted by molar-refractivity contribution is 5.78. The predicted octanol–water partition coefficient (Wildman–Crippen LogP) is 3.24. The third kappa shape index (κ3) is 5.08. The maximum absolute atomic E-state index is 11.8. The highest BCUT2D eigenvalue weighted by Crippen LogP contribution is 2.29. The fourth-order valence-corrected chi connectivity index (χ4v) is 2.18. The van der Waals surface area contributed by atoms with Crippen molar-refractivity contribution in [3.8, 4) is 5.75 Å². The number of ether oxygens (including phenoxy) is 1. The Morgan fingerprint density at radius 2 is 1.92 bits per heavy atom. The quantitative estimate of drug-likeness (QED) is 0.596. The van der Waals surface area contributed by atoms with Crippen LogP contribution in [-0.4, -0.2) is 17.4 Å². The summed E-state index contributed by atoms with van der Waals surface area (Å²) in [5, 5.41) is 13.9. The average molecular weight is 328 g/mol. The second-order valence-electron chi connectivity index (χ2n) is 5.36. The van der Waals surface area contributed by atoms with E-state index in [4.69, 9.17) is 4.74 Å². The van der Waals surface area contributed by atoms with E-state index in [2.05, 4.69) is 5.32 Å². The molecule has 6 nitrogen and oxygen atoms in total. The Labute approximate surface area is 140 Å². The molecule has 0 aliphatic carbocycles. The van der Waals surface area contributed by atoms with Gasteiger partial charge in [0.15, 0.2) is 5.75 Å². The van der Waals surface area contributed by atoms with Gasteiger partial charge in [0.05, 0.1) is 11.3 Å². The SMILES string of the molecule is CCCNC(=O)Cc1ccc([N+](=O)[O-])c(OCc2ccccc2)c1. The first-order valence-corrected chi connectivity index (χ1v) is 7.81. The predicted molar refractivity (Wildman–Crippen MR) is 90.9 cm³/mol. The maximum atomic E-state index is 11.8. The number of rotatable bonds is 8. The Bertz CT molecular complexity index is 701. The van der Waals surface area contributed by atoms with Crippen molar-refractivity contribution in [2.45, 2.75) is 26.4 Å². The molecule has 0 fully saturated rings. The number of hydrogen-bond donors (Lipinski definition) is 1. The number of nitro groups is 1. The summed E-state index contributed by atoms with van der Waals surface area (Å²) in [5.41, 5.74) is 1.49. The first kappa shape index (κ1) is 17.5. The molecule has 0 aliphatic rings. The zero-order valence-electron chi connectivity index (χ0n) is 13.5. The molecule has 1 N–H and O–H groups in total. The van der Waals surface area contributed by atoms with E-state index in [-0.39, 0.29) is 30.4 Å². The molecular formula is C18H20N2O4. The molecule has 1 amide bonds. The van der Waals surface area contributed by atoms with E-state index in [0.29, 0.717) is 12.1 Å². The topological polar surface area (TPSA) is 81.5 Å². The third-order valence-corrected chi connectivity index (χ3v) is 3.39. The minimum Gasteiger partial charge on any atom is -0.482 e. The molecule has 24 heavy (non-hydrogen) atoms. The monoisotopic (exact) mass is 328 g/mol. The largest absolute Gasteiger partial charge is 0.482 e. The summed E-state index contributed by atoms with van der Waals surface area (Å²) in [6.45, 7) is 2.82. The standard InChI is InChI=1S/C18H20N2O4/c1-2-10-19-18(21)12-15-8-9-16(20(22)23)17(11-15)24-13-14-6-4-3-5-7-14/h3-9,11H,2,10,12-13H2,1H3,(H,19,21). The van der Waals surface area contributed by atoms with Crippen molar-refractivity contribution in [1.29, 1.82) is 0 Å². The van der Waals surface area contributed by atoms with Crippen LogP contribution in [0, 0.1) is 10.1 Å². The molecule has 0 spiro atoms. The van der Waals surface area contributed by atoms with Crippen LogP contribution in [0.2, 0.25) is 0 Å². The van der Waals surface area contributed by atoms with Gasteiger partial charge in [0.1, 0.15) is 6.61 Å². The number of nitro benzene ring substituents is 1. The Balaban J connectivity index is 2.12. The van der Waals surface area contributed by atoms with Gasteiger partial charge in [0.2, 0.25) is 5.91 Å². The lowest BCUT2D eigenvalue weighted by Gasteiger charge is -2.09. The molecule has 2 rings (SSSR count). The van der Waals surface area contributed by atoms with Crippen LogP contribution in [0.4, 0.5) is 5.69 Å². The molecule has 0 saturated carbocycles. The maximum Gasteiger partial charge on any atom is 0.310 e. The molecule has 0 bridgehead atoms.